The standard InChI is InChI=1S/C17H16FIO3/c1-10-4-3-5-14(19)16(10)13-6-11(18)7-15(17(13)20-2)22-9-12-8-21-12/h3-7,12H,8-9H2,1-2H3/t12-/m1/s1. The van der Waals surface area contributed by atoms with E-state index >= 15 is 0 Å². The zero-order chi connectivity index (χ0) is 15.7. The fourth-order valence-electron chi connectivity index (χ4n) is 2.39. The number of ether oxygens (including phenoxy) is 3. The Morgan fingerprint density at radius 3 is 2.77 bits per heavy atom. The zero-order valence-electron chi connectivity index (χ0n) is 12.4. The molecule has 0 amide bonds. The van der Waals surface area contributed by atoms with Crippen LogP contribution in [0.15, 0.2) is 30.3 Å². The molecule has 0 N–H and O–H groups in total. The first-order valence-electron chi connectivity index (χ1n) is 6.97. The topological polar surface area (TPSA) is 31.0 Å². The first kappa shape index (κ1) is 15.6. The van der Waals surface area contributed by atoms with Gasteiger partial charge in [-0.2, -0.15) is 0 Å². The molecule has 0 saturated carbocycles. The molecule has 3 rings (SSSR count). The average Bonchev–Trinajstić information content (AvgIpc) is 3.29. The highest BCUT2D eigenvalue weighted by atomic mass is 127. The SMILES string of the molecule is COc1c(OC[C@H]2CO2)cc(F)cc1-c1c(C)cccc1I. The van der Waals surface area contributed by atoms with E-state index in [1.807, 2.05) is 25.1 Å². The van der Waals surface area contributed by atoms with Crippen LogP contribution < -0.4 is 9.47 Å². The summed E-state index contributed by atoms with van der Waals surface area (Å²) in [6, 6.07) is 8.82. The van der Waals surface area contributed by atoms with Crippen LogP contribution in [0.5, 0.6) is 11.5 Å². The summed E-state index contributed by atoms with van der Waals surface area (Å²) in [6.07, 6.45) is 0.107. The van der Waals surface area contributed by atoms with Crippen molar-refractivity contribution in [2.45, 2.75) is 13.0 Å². The van der Waals surface area contributed by atoms with E-state index in [-0.39, 0.29) is 11.9 Å². The number of benzene rings is 2. The number of hydrogen-bond acceptors (Lipinski definition) is 3. The summed E-state index contributed by atoms with van der Waals surface area (Å²) < 4.78 is 31.4. The van der Waals surface area contributed by atoms with Crippen molar-refractivity contribution in [1.29, 1.82) is 0 Å². The molecule has 0 aliphatic carbocycles. The summed E-state index contributed by atoms with van der Waals surface area (Å²) in [7, 11) is 1.57. The monoisotopic (exact) mass is 414 g/mol. The van der Waals surface area contributed by atoms with Gasteiger partial charge in [0.2, 0.25) is 0 Å². The number of epoxide rings is 1. The Labute approximate surface area is 142 Å². The second-order valence-corrected chi connectivity index (χ2v) is 6.35. The van der Waals surface area contributed by atoms with Crippen molar-refractivity contribution in [2.24, 2.45) is 0 Å². The summed E-state index contributed by atoms with van der Waals surface area (Å²) in [5.74, 6) is 0.614. The normalized spacial score (nSPS) is 16.5. The lowest BCUT2D eigenvalue weighted by atomic mass is 9.99. The van der Waals surface area contributed by atoms with Gasteiger partial charge in [-0.15, -0.1) is 0 Å². The molecule has 0 unspecified atom stereocenters. The van der Waals surface area contributed by atoms with E-state index in [4.69, 9.17) is 14.2 Å². The Morgan fingerprint density at radius 1 is 1.36 bits per heavy atom. The molecule has 116 valence electrons. The van der Waals surface area contributed by atoms with Crippen LogP contribution >= 0.6 is 22.6 Å². The number of halogens is 2. The molecule has 5 heteroatoms. The lowest BCUT2D eigenvalue weighted by molar-refractivity contribution is 0.251. The Hall–Kier alpha value is -1.34. The highest BCUT2D eigenvalue weighted by Gasteiger charge is 2.25. The van der Waals surface area contributed by atoms with E-state index in [0.717, 1.165) is 14.7 Å². The quantitative estimate of drug-likeness (QED) is 0.543. The third-order valence-electron chi connectivity index (χ3n) is 3.54. The Kier molecular flexibility index (Phi) is 4.54. The molecular weight excluding hydrogens is 398 g/mol. The predicted molar refractivity (Wildman–Crippen MR) is 91.1 cm³/mol. The number of methoxy groups -OCH3 is 1. The molecule has 0 bridgehead atoms. The van der Waals surface area contributed by atoms with E-state index in [1.54, 1.807) is 7.11 Å². The maximum absolute atomic E-state index is 14.1. The first-order valence-corrected chi connectivity index (χ1v) is 8.05. The van der Waals surface area contributed by atoms with Gasteiger partial charge in [0.05, 0.1) is 13.7 Å². The Morgan fingerprint density at radius 2 is 2.14 bits per heavy atom. The molecule has 1 atom stereocenters. The van der Waals surface area contributed by atoms with Gasteiger partial charge in [0, 0.05) is 20.8 Å². The van der Waals surface area contributed by atoms with Crippen molar-refractivity contribution >= 4 is 22.6 Å². The second kappa shape index (κ2) is 6.42. The first-order chi connectivity index (χ1) is 10.6. The molecule has 0 spiro atoms. The van der Waals surface area contributed by atoms with Crippen LogP contribution in [0.3, 0.4) is 0 Å². The van der Waals surface area contributed by atoms with Crippen molar-refractivity contribution in [1.82, 2.24) is 0 Å². The van der Waals surface area contributed by atoms with Crippen LogP contribution in [-0.4, -0.2) is 26.4 Å². The van der Waals surface area contributed by atoms with Gasteiger partial charge in [0.1, 0.15) is 18.5 Å². The van der Waals surface area contributed by atoms with Crippen LogP contribution in [0.25, 0.3) is 11.1 Å². The van der Waals surface area contributed by atoms with E-state index < -0.39 is 0 Å². The number of aryl methyl sites for hydroxylation is 1. The van der Waals surface area contributed by atoms with Gasteiger partial charge in [-0.3, -0.25) is 0 Å². The lowest BCUT2D eigenvalue weighted by Crippen LogP contribution is -2.06. The lowest BCUT2D eigenvalue weighted by Gasteiger charge is -2.17. The van der Waals surface area contributed by atoms with E-state index in [0.29, 0.717) is 30.3 Å². The van der Waals surface area contributed by atoms with Crippen LogP contribution in [0, 0.1) is 16.3 Å². The van der Waals surface area contributed by atoms with Crippen LogP contribution in [0.2, 0.25) is 0 Å². The van der Waals surface area contributed by atoms with Gasteiger partial charge in [0.15, 0.2) is 11.5 Å². The van der Waals surface area contributed by atoms with E-state index in [2.05, 4.69) is 22.6 Å². The van der Waals surface area contributed by atoms with E-state index in [9.17, 15) is 4.39 Å². The average molecular weight is 414 g/mol. The van der Waals surface area contributed by atoms with E-state index in [1.165, 1.54) is 12.1 Å². The van der Waals surface area contributed by atoms with Crippen molar-refractivity contribution in [3.8, 4) is 22.6 Å². The fraction of sp³-hybridized carbons (Fsp3) is 0.294. The smallest absolute Gasteiger partial charge is 0.168 e. The Balaban J connectivity index is 2.09. The minimum Gasteiger partial charge on any atom is -0.492 e. The summed E-state index contributed by atoms with van der Waals surface area (Å²) in [5, 5.41) is 0. The van der Waals surface area contributed by atoms with Gasteiger partial charge in [-0.1, -0.05) is 12.1 Å². The van der Waals surface area contributed by atoms with Gasteiger partial charge in [-0.05, 0) is 47.2 Å². The van der Waals surface area contributed by atoms with Crippen molar-refractivity contribution in [3.63, 3.8) is 0 Å². The minimum absolute atomic E-state index is 0.107. The van der Waals surface area contributed by atoms with Crippen molar-refractivity contribution in [3.05, 3.63) is 45.3 Å². The molecule has 1 heterocycles. The van der Waals surface area contributed by atoms with Crippen LogP contribution in [-0.2, 0) is 4.74 Å². The second-order valence-electron chi connectivity index (χ2n) is 5.18. The van der Waals surface area contributed by atoms with Crippen LogP contribution in [0.1, 0.15) is 5.56 Å². The molecule has 2 aromatic rings. The maximum atomic E-state index is 14.1. The molecular formula is C17H16FIO3. The molecule has 1 saturated heterocycles. The van der Waals surface area contributed by atoms with Crippen molar-refractivity contribution < 1.29 is 18.6 Å². The summed E-state index contributed by atoms with van der Waals surface area (Å²) in [4.78, 5) is 0. The molecule has 1 aliphatic rings. The summed E-state index contributed by atoms with van der Waals surface area (Å²) in [5.41, 5.74) is 2.73. The number of hydrogen-bond donors (Lipinski definition) is 0. The molecule has 0 aromatic heterocycles. The third kappa shape index (κ3) is 3.20. The van der Waals surface area contributed by atoms with Gasteiger partial charge >= 0.3 is 0 Å². The van der Waals surface area contributed by atoms with Gasteiger partial charge in [-0.25, -0.2) is 4.39 Å². The van der Waals surface area contributed by atoms with Crippen molar-refractivity contribution in [2.75, 3.05) is 20.3 Å². The highest BCUT2D eigenvalue weighted by Crippen LogP contribution is 2.42. The highest BCUT2D eigenvalue weighted by molar-refractivity contribution is 14.1. The molecule has 22 heavy (non-hydrogen) atoms. The minimum atomic E-state index is -0.346. The molecule has 2 aromatic carbocycles. The predicted octanol–water partition coefficient (Wildman–Crippen LogP) is 4.19. The largest absolute Gasteiger partial charge is 0.492 e. The third-order valence-corrected chi connectivity index (χ3v) is 4.44. The maximum Gasteiger partial charge on any atom is 0.168 e. The van der Waals surface area contributed by atoms with Crippen LogP contribution in [0.4, 0.5) is 4.39 Å². The summed E-state index contributed by atoms with van der Waals surface area (Å²) >= 11 is 2.25. The Bertz CT molecular complexity index is 678. The molecule has 1 fully saturated rings. The molecule has 0 radical (unpaired) electrons. The fourth-order valence-corrected chi connectivity index (χ4v) is 3.32. The zero-order valence-corrected chi connectivity index (χ0v) is 14.5. The van der Waals surface area contributed by atoms with Gasteiger partial charge in [0.25, 0.3) is 0 Å². The molecule has 3 nitrogen and oxygen atoms in total. The molecule has 1 aliphatic heterocycles. The van der Waals surface area contributed by atoms with Gasteiger partial charge < -0.3 is 14.2 Å². The summed E-state index contributed by atoms with van der Waals surface area (Å²) in [6.45, 7) is 3.10. The number of rotatable bonds is 5.